The first-order valence-electron chi connectivity index (χ1n) is 7.12. The monoisotopic (exact) mass is 292 g/mol. The van der Waals surface area contributed by atoms with Crippen LogP contribution in [0.25, 0.3) is 11.1 Å². The standard InChI is InChI=1S/C18H16N2O2/c1-12-8-9-16-15(18(12)14-6-4-3-5-7-14)10-19-11-17(22)20(16)13(2)21/h3-10H,11H2,1-2H3. The van der Waals surface area contributed by atoms with Gasteiger partial charge in [-0.2, -0.15) is 0 Å². The number of rotatable bonds is 1. The van der Waals surface area contributed by atoms with Gasteiger partial charge in [-0.15, -0.1) is 0 Å². The van der Waals surface area contributed by atoms with Crippen molar-refractivity contribution in [2.45, 2.75) is 13.8 Å². The number of hydrogen-bond donors (Lipinski definition) is 0. The number of benzodiazepines with no additional fused rings is 1. The average Bonchev–Trinajstić information content (AvgIpc) is 2.66. The summed E-state index contributed by atoms with van der Waals surface area (Å²) in [5, 5.41) is 0. The number of aliphatic imine (C=N–C) groups is 1. The number of amides is 2. The van der Waals surface area contributed by atoms with Gasteiger partial charge in [-0.25, -0.2) is 4.90 Å². The number of aryl methyl sites for hydroxylation is 1. The first-order chi connectivity index (χ1) is 10.6. The molecule has 0 saturated heterocycles. The van der Waals surface area contributed by atoms with Crippen LogP contribution < -0.4 is 4.90 Å². The zero-order valence-corrected chi connectivity index (χ0v) is 12.5. The molecule has 110 valence electrons. The van der Waals surface area contributed by atoms with E-state index in [0.717, 1.165) is 22.3 Å². The Kier molecular flexibility index (Phi) is 3.59. The van der Waals surface area contributed by atoms with E-state index in [9.17, 15) is 9.59 Å². The van der Waals surface area contributed by atoms with Crippen molar-refractivity contribution in [2.75, 3.05) is 11.4 Å². The van der Waals surface area contributed by atoms with Gasteiger partial charge in [0.1, 0.15) is 6.54 Å². The van der Waals surface area contributed by atoms with Crippen molar-refractivity contribution < 1.29 is 9.59 Å². The lowest BCUT2D eigenvalue weighted by Gasteiger charge is -2.21. The second kappa shape index (κ2) is 5.56. The zero-order chi connectivity index (χ0) is 15.7. The average molecular weight is 292 g/mol. The number of hydrogen-bond acceptors (Lipinski definition) is 3. The van der Waals surface area contributed by atoms with Crippen LogP contribution in [0.5, 0.6) is 0 Å². The number of carbonyl (C=O) groups excluding carboxylic acids is 2. The van der Waals surface area contributed by atoms with E-state index in [2.05, 4.69) is 4.99 Å². The number of benzene rings is 2. The molecule has 0 N–H and O–H groups in total. The molecule has 22 heavy (non-hydrogen) atoms. The van der Waals surface area contributed by atoms with E-state index >= 15 is 0 Å². The summed E-state index contributed by atoms with van der Waals surface area (Å²) in [5.41, 5.74) is 4.54. The summed E-state index contributed by atoms with van der Waals surface area (Å²) in [4.78, 5) is 29.5. The molecular weight excluding hydrogens is 276 g/mol. The maximum absolute atomic E-state index is 12.1. The molecule has 0 unspecified atom stereocenters. The molecule has 0 atom stereocenters. The molecule has 1 aliphatic rings. The van der Waals surface area contributed by atoms with Gasteiger partial charge in [-0.1, -0.05) is 36.4 Å². The lowest BCUT2D eigenvalue weighted by atomic mass is 9.93. The van der Waals surface area contributed by atoms with Gasteiger partial charge >= 0.3 is 0 Å². The van der Waals surface area contributed by atoms with Crippen LogP contribution in [-0.4, -0.2) is 24.6 Å². The number of nitrogens with zero attached hydrogens (tertiary/aromatic N) is 2. The quantitative estimate of drug-likeness (QED) is 0.811. The van der Waals surface area contributed by atoms with E-state index in [0.29, 0.717) is 5.69 Å². The van der Waals surface area contributed by atoms with E-state index in [1.165, 1.54) is 11.8 Å². The summed E-state index contributed by atoms with van der Waals surface area (Å²) in [6, 6.07) is 13.7. The van der Waals surface area contributed by atoms with Gasteiger partial charge < -0.3 is 0 Å². The van der Waals surface area contributed by atoms with Gasteiger partial charge in [0, 0.05) is 18.7 Å². The highest BCUT2D eigenvalue weighted by molar-refractivity contribution is 6.19. The molecule has 4 nitrogen and oxygen atoms in total. The number of anilines is 1. The molecule has 0 aliphatic carbocycles. The van der Waals surface area contributed by atoms with Crippen LogP contribution in [0.3, 0.4) is 0 Å². The summed E-state index contributed by atoms with van der Waals surface area (Å²) in [7, 11) is 0. The predicted octanol–water partition coefficient (Wildman–Crippen LogP) is 2.97. The Morgan fingerprint density at radius 1 is 1.14 bits per heavy atom. The second-order valence-corrected chi connectivity index (χ2v) is 5.27. The molecular formula is C18H16N2O2. The normalized spacial score (nSPS) is 13.7. The Balaban J connectivity index is 2.30. The number of imide groups is 1. The smallest absolute Gasteiger partial charge is 0.255 e. The third kappa shape index (κ3) is 2.33. The van der Waals surface area contributed by atoms with Gasteiger partial charge in [0.2, 0.25) is 5.91 Å². The minimum atomic E-state index is -0.301. The molecule has 0 bridgehead atoms. The number of fused-ring (bicyclic) bond motifs is 1. The molecule has 0 spiro atoms. The van der Waals surface area contributed by atoms with E-state index in [-0.39, 0.29) is 18.4 Å². The molecule has 2 aromatic rings. The van der Waals surface area contributed by atoms with Crippen LogP contribution in [0.2, 0.25) is 0 Å². The topological polar surface area (TPSA) is 49.7 Å². The Labute approximate surface area is 129 Å². The van der Waals surface area contributed by atoms with Crippen molar-refractivity contribution in [1.82, 2.24) is 0 Å². The van der Waals surface area contributed by atoms with Crippen molar-refractivity contribution in [1.29, 1.82) is 0 Å². The summed E-state index contributed by atoms with van der Waals surface area (Å²) >= 11 is 0. The summed E-state index contributed by atoms with van der Waals surface area (Å²) in [5.74, 6) is -0.593. The molecule has 0 saturated carbocycles. The highest BCUT2D eigenvalue weighted by atomic mass is 16.2. The summed E-state index contributed by atoms with van der Waals surface area (Å²) < 4.78 is 0. The largest absolute Gasteiger partial charge is 0.282 e. The third-order valence-corrected chi connectivity index (χ3v) is 3.75. The van der Waals surface area contributed by atoms with Crippen LogP contribution in [0.15, 0.2) is 47.5 Å². The van der Waals surface area contributed by atoms with Crippen molar-refractivity contribution in [3.05, 3.63) is 53.6 Å². The molecule has 1 heterocycles. The Morgan fingerprint density at radius 3 is 2.55 bits per heavy atom. The van der Waals surface area contributed by atoms with Gasteiger partial charge in [-0.05, 0) is 29.7 Å². The van der Waals surface area contributed by atoms with Crippen LogP contribution in [0.4, 0.5) is 5.69 Å². The molecule has 3 rings (SSSR count). The fraction of sp³-hybridized carbons (Fsp3) is 0.167. The first kappa shape index (κ1) is 14.2. The second-order valence-electron chi connectivity index (χ2n) is 5.27. The Bertz CT molecular complexity index is 779. The van der Waals surface area contributed by atoms with Gasteiger partial charge in [-0.3, -0.25) is 14.6 Å². The minimum Gasteiger partial charge on any atom is -0.282 e. The van der Waals surface area contributed by atoms with Crippen LogP contribution in [0, 0.1) is 6.92 Å². The van der Waals surface area contributed by atoms with Crippen molar-refractivity contribution in [3.8, 4) is 11.1 Å². The third-order valence-electron chi connectivity index (χ3n) is 3.75. The molecule has 1 aliphatic heterocycles. The molecule has 0 aromatic heterocycles. The first-order valence-corrected chi connectivity index (χ1v) is 7.12. The minimum absolute atomic E-state index is 0.0124. The Hall–Kier alpha value is -2.75. The van der Waals surface area contributed by atoms with E-state index in [4.69, 9.17) is 0 Å². The maximum atomic E-state index is 12.1. The Morgan fingerprint density at radius 2 is 1.86 bits per heavy atom. The van der Waals surface area contributed by atoms with Crippen LogP contribution >= 0.6 is 0 Å². The highest BCUT2D eigenvalue weighted by Gasteiger charge is 2.26. The number of carbonyl (C=O) groups is 2. The van der Waals surface area contributed by atoms with E-state index in [1.807, 2.05) is 49.4 Å². The molecule has 2 aromatic carbocycles. The van der Waals surface area contributed by atoms with Crippen LogP contribution in [-0.2, 0) is 9.59 Å². The van der Waals surface area contributed by atoms with E-state index in [1.54, 1.807) is 6.21 Å². The fourth-order valence-electron chi connectivity index (χ4n) is 2.80. The lowest BCUT2D eigenvalue weighted by Crippen LogP contribution is -2.36. The van der Waals surface area contributed by atoms with Gasteiger partial charge in [0.25, 0.3) is 5.91 Å². The summed E-state index contributed by atoms with van der Waals surface area (Å²) in [6.07, 6.45) is 1.70. The van der Waals surface area contributed by atoms with Crippen molar-refractivity contribution in [2.24, 2.45) is 4.99 Å². The van der Waals surface area contributed by atoms with Crippen molar-refractivity contribution >= 4 is 23.7 Å². The maximum Gasteiger partial charge on any atom is 0.255 e. The molecule has 4 heteroatoms. The highest BCUT2D eigenvalue weighted by Crippen LogP contribution is 2.34. The molecule has 0 radical (unpaired) electrons. The van der Waals surface area contributed by atoms with Gasteiger partial charge in [0.15, 0.2) is 0 Å². The van der Waals surface area contributed by atoms with Crippen LogP contribution in [0.1, 0.15) is 18.1 Å². The lowest BCUT2D eigenvalue weighted by molar-refractivity contribution is -0.124. The SMILES string of the molecule is CC(=O)N1C(=O)CN=Cc2c1ccc(C)c2-c1ccccc1. The summed E-state index contributed by atoms with van der Waals surface area (Å²) in [6.45, 7) is 3.40. The zero-order valence-electron chi connectivity index (χ0n) is 12.5. The predicted molar refractivity (Wildman–Crippen MR) is 87.2 cm³/mol. The van der Waals surface area contributed by atoms with Crippen molar-refractivity contribution in [3.63, 3.8) is 0 Å². The molecule has 0 fully saturated rings. The van der Waals surface area contributed by atoms with Gasteiger partial charge in [0.05, 0.1) is 5.69 Å². The van der Waals surface area contributed by atoms with E-state index < -0.39 is 0 Å². The fourth-order valence-corrected chi connectivity index (χ4v) is 2.80. The molecule has 2 amide bonds.